The minimum absolute atomic E-state index is 0.253. The monoisotopic (exact) mass is 237 g/mol. The van der Waals surface area contributed by atoms with E-state index in [4.69, 9.17) is 16.3 Å². The van der Waals surface area contributed by atoms with Gasteiger partial charge in [0.05, 0.1) is 6.20 Å². The van der Waals surface area contributed by atoms with Gasteiger partial charge >= 0.3 is 0 Å². The Kier molecular flexibility index (Phi) is 3.37. The number of pyridine rings is 1. The molecule has 0 aliphatic rings. The van der Waals surface area contributed by atoms with Crippen LogP contribution in [0.15, 0.2) is 42.6 Å². The second-order valence-corrected chi connectivity index (χ2v) is 3.62. The molecular weight excluding hydrogens is 229 g/mol. The van der Waals surface area contributed by atoms with Crippen LogP contribution >= 0.6 is 11.6 Å². The molecule has 0 amide bonds. The standard InChI is InChI=1S/C12H9ClFNO/c13-12-6-5-11(7-15-12)16-8-9-1-3-10(14)4-2-9/h1-7H,8H2. The average molecular weight is 238 g/mol. The molecular formula is C12H9ClFNO. The van der Waals surface area contributed by atoms with Gasteiger partial charge in [0.15, 0.2) is 0 Å². The van der Waals surface area contributed by atoms with Crippen molar-refractivity contribution in [2.45, 2.75) is 6.61 Å². The van der Waals surface area contributed by atoms with Crippen molar-refractivity contribution in [2.75, 3.05) is 0 Å². The van der Waals surface area contributed by atoms with Crippen LogP contribution in [0.1, 0.15) is 5.56 Å². The van der Waals surface area contributed by atoms with Gasteiger partial charge in [-0.1, -0.05) is 23.7 Å². The average Bonchev–Trinajstić information content (AvgIpc) is 2.30. The van der Waals surface area contributed by atoms with Crippen molar-refractivity contribution in [3.63, 3.8) is 0 Å². The molecule has 0 saturated heterocycles. The minimum atomic E-state index is -0.253. The quantitative estimate of drug-likeness (QED) is 0.763. The van der Waals surface area contributed by atoms with Crippen molar-refractivity contribution in [1.29, 1.82) is 0 Å². The van der Waals surface area contributed by atoms with Crippen LogP contribution in [0, 0.1) is 5.82 Å². The number of benzene rings is 1. The third-order valence-electron chi connectivity index (χ3n) is 2.02. The van der Waals surface area contributed by atoms with E-state index < -0.39 is 0 Å². The Morgan fingerprint density at radius 2 is 1.88 bits per heavy atom. The lowest BCUT2D eigenvalue weighted by Crippen LogP contribution is -1.95. The summed E-state index contributed by atoms with van der Waals surface area (Å²) in [6.07, 6.45) is 1.55. The molecule has 0 atom stereocenters. The summed E-state index contributed by atoms with van der Waals surface area (Å²) < 4.78 is 18.1. The molecule has 0 unspecified atom stereocenters. The Labute approximate surface area is 97.7 Å². The Morgan fingerprint density at radius 1 is 1.12 bits per heavy atom. The number of ether oxygens (including phenoxy) is 1. The van der Waals surface area contributed by atoms with Gasteiger partial charge in [0.1, 0.15) is 23.3 Å². The highest BCUT2D eigenvalue weighted by molar-refractivity contribution is 6.29. The van der Waals surface area contributed by atoms with Crippen LogP contribution in [-0.4, -0.2) is 4.98 Å². The summed E-state index contributed by atoms with van der Waals surface area (Å²) in [6.45, 7) is 0.379. The maximum absolute atomic E-state index is 12.6. The summed E-state index contributed by atoms with van der Waals surface area (Å²) in [5.74, 6) is 0.380. The molecule has 82 valence electrons. The predicted octanol–water partition coefficient (Wildman–Crippen LogP) is 3.45. The van der Waals surface area contributed by atoms with Crippen LogP contribution in [0.2, 0.25) is 5.15 Å². The Balaban J connectivity index is 1.97. The highest BCUT2D eigenvalue weighted by atomic mass is 35.5. The molecule has 2 rings (SSSR count). The van der Waals surface area contributed by atoms with Crippen molar-refractivity contribution in [3.05, 3.63) is 59.1 Å². The number of nitrogens with zero attached hydrogens (tertiary/aromatic N) is 1. The molecule has 1 heterocycles. The summed E-state index contributed by atoms with van der Waals surface area (Å²) >= 11 is 5.64. The first kappa shape index (κ1) is 10.9. The van der Waals surface area contributed by atoms with E-state index in [9.17, 15) is 4.39 Å². The fourth-order valence-corrected chi connectivity index (χ4v) is 1.31. The van der Waals surface area contributed by atoms with Gasteiger partial charge in [0.2, 0.25) is 0 Å². The molecule has 0 aliphatic heterocycles. The van der Waals surface area contributed by atoms with Gasteiger partial charge in [0.25, 0.3) is 0 Å². The van der Waals surface area contributed by atoms with Gasteiger partial charge < -0.3 is 4.74 Å². The summed E-state index contributed by atoms with van der Waals surface area (Å²) in [6, 6.07) is 9.55. The van der Waals surface area contributed by atoms with E-state index in [1.807, 2.05) is 0 Å². The van der Waals surface area contributed by atoms with Crippen LogP contribution in [0.4, 0.5) is 4.39 Å². The third-order valence-corrected chi connectivity index (χ3v) is 2.24. The molecule has 0 spiro atoms. The Morgan fingerprint density at radius 3 is 2.50 bits per heavy atom. The van der Waals surface area contributed by atoms with Crippen LogP contribution in [0.3, 0.4) is 0 Å². The lowest BCUT2D eigenvalue weighted by molar-refractivity contribution is 0.305. The first-order valence-corrected chi connectivity index (χ1v) is 5.10. The zero-order chi connectivity index (χ0) is 11.4. The molecule has 1 aromatic carbocycles. The molecule has 0 radical (unpaired) electrons. The van der Waals surface area contributed by atoms with Crippen LogP contribution in [0.5, 0.6) is 5.75 Å². The number of aromatic nitrogens is 1. The Hall–Kier alpha value is -1.61. The Bertz CT molecular complexity index is 410. The van der Waals surface area contributed by atoms with Crippen molar-refractivity contribution in [3.8, 4) is 5.75 Å². The van der Waals surface area contributed by atoms with Crippen LogP contribution in [-0.2, 0) is 6.61 Å². The second-order valence-electron chi connectivity index (χ2n) is 3.23. The highest BCUT2D eigenvalue weighted by Gasteiger charge is 1.97. The van der Waals surface area contributed by atoms with E-state index in [1.54, 1.807) is 30.5 Å². The molecule has 1 aromatic heterocycles. The molecule has 0 aliphatic carbocycles. The topological polar surface area (TPSA) is 22.1 Å². The molecule has 0 fully saturated rings. The molecule has 2 aromatic rings. The summed E-state index contributed by atoms with van der Waals surface area (Å²) in [5, 5.41) is 0.425. The second kappa shape index (κ2) is 4.94. The van der Waals surface area contributed by atoms with Gasteiger partial charge in [-0.2, -0.15) is 0 Å². The molecule has 16 heavy (non-hydrogen) atoms. The van der Waals surface area contributed by atoms with Gasteiger partial charge in [-0.15, -0.1) is 0 Å². The predicted molar refractivity (Wildman–Crippen MR) is 60.0 cm³/mol. The summed E-state index contributed by atoms with van der Waals surface area (Å²) in [5.41, 5.74) is 0.899. The molecule has 0 saturated carbocycles. The van der Waals surface area contributed by atoms with Gasteiger partial charge in [-0.05, 0) is 29.8 Å². The van der Waals surface area contributed by atoms with Gasteiger partial charge in [-0.3, -0.25) is 0 Å². The van der Waals surface area contributed by atoms with E-state index in [0.29, 0.717) is 17.5 Å². The minimum Gasteiger partial charge on any atom is -0.487 e. The maximum atomic E-state index is 12.6. The van der Waals surface area contributed by atoms with Gasteiger partial charge in [0, 0.05) is 0 Å². The van der Waals surface area contributed by atoms with E-state index in [2.05, 4.69) is 4.98 Å². The highest BCUT2D eigenvalue weighted by Crippen LogP contribution is 2.14. The van der Waals surface area contributed by atoms with Crippen molar-refractivity contribution < 1.29 is 9.13 Å². The zero-order valence-electron chi connectivity index (χ0n) is 8.36. The fraction of sp³-hybridized carbons (Fsp3) is 0.0833. The van der Waals surface area contributed by atoms with Crippen molar-refractivity contribution >= 4 is 11.6 Å². The summed E-state index contributed by atoms with van der Waals surface area (Å²) in [7, 11) is 0. The summed E-state index contributed by atoms with van der Waals surface area (Å²) in [4.78, 5) is 3.89. The lowest BCUT2D eigenvalue weighted by Gasteiger charge is -2.05. The zero-order valence-corrected chi connectivity index (χ0v) is 9.12. The van der Waals surface area contributed by atoms with Crippen molar-refractivity contribution in [1.82, 2.24) is 4.98 Å². The fourth-order valence-electron chi connectivity index (χ4n) is 1.19. The van der Waals surface area contributed by atoms with Gasteiger partial charge in [-0.25, -0.2) is 9.37 Å². The lowest BCUT2D eigenvalue weighted by atomic mass is 10.2. The third kappa shape index (κ3) is 2.94. The number of rotatable bonds is 3. The van der Waals surface area contributed by atoms with E-state index >= 15 is 0 Å². The normalized spacial score (nSPS) is 10.1. The molecule has 4 heteroatoms. The molecule has 0 bridgehead atoms. The van der Waals surface area contributed by atoms with E-state index in [1.165, 1.54) is 12.1 Å². The number of halogens is 2. The molecule has 2 nitrogen and oxygen atoms in total. The SMILES string of the molecule is Fc1ccc(COc2ccc(Cl)nc2)cc1. The van der Waals surface area contributed by atoms with Crippen molar-refractivity contribution in [2.24, 2.45) is 0 Å². The maximum Gasteiger partial charge on any atom is 0.138 e. The van der Waals surface area contributed by atoms with E-state index in [0.717, 1.165) is 5.56 Å². The number of hydrogen-bond donors (Lipinski definition) is 0. The largest absolute Gasteiger partial charge is 0.487 e. The first-order chi connectivity index (χ1) is 7.74. The first-order valence-electron chi connectivity index (χ1n) is 4.73. The van der Waals surface area contributed by atoms with Crippen LogP contribution < -0.4 is 4.74 Å². The van der Waals surface area contributed by atoms with Crippen LogP contribution in [0.25, 0.3) is 0 Å². The van der Waals surface area contributed by atoms with E-state index in [-0.39, 0.29) is 5.82 Å². The number of hydrogen-bond acceptors (Lipinski definition) is 2. The molecule has 0 N–H and O–H groups in total. The smallest absolute Gasteiger partial charge is 0.138 e.